The van der Waals surface area contributed by atoms with Gasteiger partial charge in [-0.15, -0.1) is 0 Å². The van der Waals surface area contributed by atoms with Crippen LogP contribution in [0.25, 0.3) is 0 Å². The van der Waals surface area contributed by atoms with Crippen molar-refractivity contribution in [1.82, 2.24) is 5.32 Å². The summed E-state index contributed by atoms with van der Waals surface area (Å²) in [5.74, 6) is 0.347. The van der Waals surface area contributed by atoms with Crippen LogP contribution in [0.1, 0.15) is 34.1 Å². The molecule has 15 heavy (non-hydrogen) atoms. The van der Waals surface area contributed by atoms with Crippen LogP contribution in [-0.2, 0) is 9.47 Å². The number of carbonyl (C=O) groups is 1. The molecule has 0 atom stereocenters. The maximum atomic E-state index is 11.0. The molecule has 4 heteroatoms. The minimum Gasteiger partial charge on any atom is -0.434 e. The van der Waals surface area contributed by atoms with E-state index in [1.54, 1.807) is 0 Å². The number of hydrogen-bond donors (Lipinski definition) is 1. The maximum absolute atomic E-state index is 11.0. The summed E-state index contributed by atoms with van der Waals surface area (Å²) in [4.78, 5) is 11.0. The van der Waals surface area contributed by atoms with Crippen LogP contribution in [0.3, 0.4) is 0 Å². The lowest BCUT2D eigenvalue weighted by Crippen LogP contribution is -2.25. The van der Waals surface area contributed by atoms with Crippen LogP contribution < -0.4 is 5.32 Å². The summed E-state index contributed by atoms with van der Waals surface area (Å²) in [5, 5.41) is 3.24. The maximum Gasteiger partial charge on any atom is 0.508 e. The van der Waals surface area contributed by atoms with Crippen molar-refractivity contribution in [3.8, 4) is 0 Å². The van der Waals surface area contributed by atoms with E-state index in [9.17, 15) is 4.79 Å². The Morgan fingerprint density at radius 1 is 1.20 bits per heavy atom. The van der Waals surface area contributed by atoms with E-state index in [1.165, 1.54) is 0 Å². The van der Waals surface area contributed by atoms with Crippen LogP contribution in [0.4, 0.5) is 4.79 Å². The van der Waals surface area contributed by atoms with Crippen LogP contribution >= 0.6 is 0 Å². The Hall–Kier alpha value is -0.770. The van der Waals surface area contributed by atoms with E-state index in [1.807, 2.05) is 13.8 Å². The van der Waals surface area contributed by atoms with E-state index in [-0.39, 0.29) is 0 Å². The molecule has 0 amide bonds. The third-order valence-corrected chi connectivity index (χ3v) is 1.63. The first-order chi connectivity index (χ1) is 7.02. The molecule has 0 heterocycles. The molecule has 0 bridgehead atoms. The standard InChI is InChI=1S/C11H23NO3/c1-9(2)8-15-11(13)14-7-5-6-12-10(3)4/h9-10,12H,5-8H2,1-4H3. The van der Waals surface area contributed by atoms with Crippen molar-refractivity contribution < 1.29 is 14.3 Å². The second kappa shape index (κ2) is 8.53. The van der Waals surface area contributed by atoms with Gasteiger partial charge in [-0.3, -0.25) is 0 Å². The molecular formula is C11H23NO3. The van der Waals surface area contributed by atoms with Crippen LogP contribution in [0.2, 0.25) is 0 Å². The minimum atomic E-state index is -0.562. The average Bonchev–Trinajstić information content (AvgIpc) is 2.13. The van der Waals surface area contributed by atoms with Gasteiger partial charge in [0.15, 0.2) is 0 Å². The number of nitrogens with one attached hydrogen (secondary N) is 1. The molecule has 0 aromatic carbocycles. The normalized spacial score (nSPS) is 10.8. The van der Waals surface area contributed by atoms with Gasteiger partial charge in [0.05, 0.1) is 13.2 Å². The van der Waals surface area contributed by atoms with E-state index in [2.05, 4.69) is 19.2 Å². The highest BCUT2D eigenvalue weighted by Gasteiger charge is 2.04. The van der Waals surface area contributed by atoms with Gasteiger partial charge in [0, 0.05) is 6.04 Å². The summed E-state index contributed by atoms with van der Waals surface area (Å²) in [6.45, 7) is 9.82. The molecule has 90 valence electrons. The molecule has 4 nitrogen and oxygen atoms in total. The second-order valence-corrected chi connectivity index (χ2v) is 4.27. The molecule has 0 saturated carbocycles. The lowest BCUT2D eigenvalue weighted by molar-refractivity contribution is 0.0469. The topological polar surface area (TPSA) is 47.6 Å². The highest BCUT2D eigenvalue weighted by atomic mass is 16.7. The first-order valence-corrected chi connectivity index (χ1v) is 5.55. The Bertz CT molecular complexity index is 169. The second-order valence-electron chi connectivity index (χ2n) is 4.27. The van der Waals surface area contributed by atoms with Crippen LogP contribution in [0.15, 0.2) is 0 Å². The van der Waals surface area contributed by atoms with Gasteiger partial charge in [0.1, 0.15) is 0 Å². The molecule has 0 fully saturated rings. The highest BCUT2D eigenvalue weighted by molar-refractivity contribution is 5.59. The van der Waals surface area contributed by atoms with Gasteiger partial charge in [-0.1, -0.05) is 27.7 Å². The number of ether oxygens (including phenoxy) is 2. The van der Waals surface area contributed by atoms with Crippen molar-refractivity contribution in [2.45, 2.75) is 40.2 Å². The zero-order valence-corrected chi connectivity index (χ0v) is 10.2. The Morgan fingerprint density at radius 3 is 2.40 bits per heavy atom. The summed E-state index contributed by atoms with van der Waals surface area (Å²) < 4.78 is 9.72. The van der Waals surface area contributed by atoms with Crippen LogP contribution in [0, 0.1) is 5.92 Å². The predicted molar refractivity (Wildman–Crippen MR) is 59.9 cm³/mol. The molecule has 0 aliphatic heterocycles. The molecule has 1 N–H and O–H groups in total. The van der Waals surface area contributed by atoms with Gasteiger partial charge in [-0.2, -0.15) is 0 Å². The SMILES string of the molecule is CC(C)COC(=O)OCCCNC(C)C. The number of hydrogen-bond acceptors (Lipinski definition) is 4. The lowest BCUT2D eigenvalue weighted by Gasteiger charge is -2.09. The Labute approximate surface area is 92.3 Å². The van der Waals surface area contributed by atoms with Crippen molar-refractivity contribution >= 4 is 6.16 Å². The summed E-state index contributed by atoms with van der Waals surface area (Å²) in [7, 11) is 0. The zero-order valence-electron chi connectivity index (χ0n) is 10.2. The van der Waals surface area contributed by atoms with Gasteiger partial charge in [0.2, 0.25) is 0 Å². The third-order valence-electron chi connectivity index (χ3n) is 1.63. The zero-order chi connectivity index (χ0) is 11.7. The van der Waals surface area contributed by atoms with Crippen molar-refractivity contribution in [1.29, 1.82) is 0 Å². The van der Waals surface area contributed by atoms with E-state index < -0.39 is 6.16 Å². The number of rotatable bonds is 7. The highest BCUT2D eigenvalue weighted by Crippen LogP contribution is 1.95. The molecular weight excluding hydrogens is 194 g/mol. The summed E-state index contributed by atoms with van der Waals surface area (Å²) >= 11 is 0. The van der Waals surface area contributed by atoms with E-state index in [0.717, 1.165) is 13.0 Å². The average molecular weight is 217 g/mol. The van der Waals surface area contributed by atoms with Crippen LogP contribution in [0.5, 0.6) is 0 Å². The van der Waals surface area contributed by atoms with Gasteiger partial charge in [-0.25, -0.2) is 4.79 Å². The van der Waals surface area contributed by atoms with Gasteiger partial charge >= 0.3 is 6.16 Å². The molecule has 0 unspecified atom stereocenters. The van der Waals surface area contributed by atoms with Crippen molar-refractivity contribution in [2.75, 3.05) is 19.8 Å². The molecule has 0 aromatic heterocycles. The Kier molecular flexibility index (Phi) is 8.09. The predicted octanol–water partition coefficient (Wildman–Crippen LogP) is 2.18. The lowest BCUT2D eigenvalue weighted by atomic mass is 10.2. The van der Waals surface area contributed by atoms with Crippen molar-refractivity contribution in [3.63, 3.8) is 0 Å². The monoisotopic (exact) mass is 217 g/mol. The summed E-state index contributed by atoms with van der Waals surface area (Å²) in [5.41, 5.74) is 0. The molecule has 0 aliphatic rings. The van der Waals surface area contributed by atoms with Gasteiger partial charge < -0.3 is 14.8 Å². The van der Waals surface area contributed by atoms with Crippen molar-refractivity contribution in [2.24, 2.45) is 5.92 Å². The van der Waals surface area contributed by atoms with E-state index in [0.29, 0.717) is 25.2 Å². The first-order valence-electron chi connectivity index (χ1n) is 5.55. The number of carbonyl (C=O) groups excluding carboxylic acids is 1. The fraction of sp³-hybridized carbons (Fsp3) is 0.909. The van der Waals surface area contributed by atoms with E-state index in [4.69, 9.17) is 9.47 Å². The van der Waals surface area contributed by atoms with Crippen molar-refractivity contribution in [3.05, 3.63) is 0 Å². The summed E-state index contributed by atoms with van der Waals surface area (Å²) in [6, 6.07) is 0.470. The van der Waals surface area contributed by atoms with Gasteiger partial charge in [0.25, 0.3) is 0 Å². The first kappa shape index (κ1) is 14.2. The van der Waals surface area contributed by atoms with Crippen LogP contribution in [-0.4, -0.2) is 32.0 Å². The Morgan fingerprint density at radius 2 is 1.87 bits per heavy atom. The molecule has 0 rings (SSSR count). The summed E-state index contributed by atoms with van der Waals surface area (Å²) in [6.07, 6.45) is 0.253. The smallest absolute Gasteiger partial charge is 0.434 e. The van der Waals surface area contributed by atoms with E-state index >= 15 is 0 Å². The largest absolute Gasteiger partial charge is 0.508 e. The Balaban J connectivity index is 3.24. The molecule has 0 aliphatic carbocycles. The van der Waals surface area contributed by atoms with Gasteiger partial charge in [-0.05, 0) is 18.9 Å². The minimum absolute atomic E-state index is 0.347. The molecule has 0 radical (unpaired) electrons. The fourth-order valence-electron chi connectivity index (χ4n) is 0.895. The fourth-order valence-corrected chi connectivity index (χ4v) is 0.895. The quantitative estimate of drug-likeness (QED) is 0.524. The molecule has 0 saturated heterocycles. The molecule has 0 aromatic rings. The molecule has 0 spiro atoms. The third kappa shape index (κ3) is 11.2.